The lowest BCUT2D eigenvalue weighted by atomic mass is 10.1. The molecule has 1 aliphatic rings. The molecular weight excluding hydrogens is 178 g/mol. The van der Waals surface area contributed by atoms with E-state index in [9.17, 15) is 0 Å². The van der Waals surface area contributed by atoms with Crippen molar-refractivity contribution in [2.45, 2.75) is 12.8 Å². The van der Waals surface area contributed by atoms with E-state index in [4.69, 9.17) is 0 Å². The van der Waals surface area contributed by atoms with E-state index in [0.717, 1.165) is 0 Å². The van der Waals surface area contributed by atoms with Gasteiger partial charge in [-0.2, -0.15) is 0 Å². The van der Waals surface area contributed by atoms with Crippen molar-refractivity contribution < 1.29 is 0 Å². The lowest BCUT2D eigenvalue weighted by Crippen LogP contribution is -2.23. The molecule has 0 atom stereocenters. The van der Waals surface area contributed by atoms with Gasteiger partial charge in [0.15, 0.2) is 0 Å². The fraction of sp³-hybridized carbons (Fsp3) is 1.00. The Labute approximate surface area is 65.6 Å². The quantitative estimate of drug-likeness (QED) is 0.615. The summed E-state index contributed by atoms with van der Waals surface area (Å²) in [7, 11) is 4.28. The van der Waals surface area contributed by atoms with Crippen molar-refractivity contribution in [3.8, 4) is 0 Å². The summed E-state index contributed by atoms with van der Waals surface area (Å²) in [6, 6.07) is 0. The first-order valence-electron chi connectivity index (χ1n) is 3.39. The zero-order valence-electron chi connectivity index (χ0n) is 6.15. The summed E-state index contributed by atoms with van der Waals surface area (Å²) < 4.78 is 0. The molecule has 0 spiro atoms. The van der Waals surface area contributed by atoms with E-state index in [2.05, 4.69) is 34.9 Å². The van der Waals surface area contributed by atoms with E-state index >= 15 is 0 Å². The summed E-state index contributed by atoms with van der Waals surface area (Å²) in [6.07, 6.45) is 2.83. The SMILES string of the molecule is CN(C)CC1(CBr)CC1. The summed E-state index contributed by atoms with van der Waals surface area (Å²) in [5.41, 5.74) is 0.656. The second kappa shape index (κ2) is 2.59. The summed E-state index contributed by atoms with van der Waals surface area (Å²) in [6.45, 7) is 1.25. The van der Waals surface area contributed by atoms with Crippen LogP contribution in [0.1, 0.15) is 12.8 Å². The Kier molecular flexibility index (Phi) is 2.17. The van der Waals surface area contributed by atoms with Crippen molar-refractivity contribution in [3.63, 3.8) is 0 Å². The number of rotatable bonds is 3. The van der Waals surface area contributed by atoms with Crippen molar-refractivity contribution in [2.24, 2.45) is 5.41 Å². The molecule has 1 aliphatic carbocycles. The second-order valence-electron chi connectivity index (χ2n) is 3.37. The predicted octanol–water partition coefficient (Wildman–Crippen LogP) is 1.72. The molecule has 0 bridgehead atoms. The van der Waals surface area contributed by atoms with Gasteiger partial charge in [0, 0.05) is 11.9 Å². The van der Waals surface area contributed by atoms with E-state index in [-0.39, 0.29) is 0 Å². The van der Waals surface area contributed by atoms with Crippen LogP contribution in [-0.4, -0.2) is 30.9 Å². The van der Waals surface area contributed by atoms with Gasteiger partial charge < -0.3 is 4.90 Å². The lowest BCUT2D eigenvalue weighted by Gasteiger charge is -2.16. The monoisotopic (exact) mass is 191 g/mol. The first kappa shape index (κ1) is 7.55. The molecule has 0 aromatic rings. The van der Waals surface area contributed by atoms with Crippen molar-refractivity contribution >= 4 is 15.9 Å². The van der Waals surface area contributed by atoms with E-state index in [0.29, 0.717) is 5.41 Å². The number of halogens is 1. The lowest BCUT2D eigenvalue weighted by molar-refractivity contribution is 0.331. The number of alkyl halides is 1. The number of hydrogen-bond acceptors (Lipinski definition) is 1. The molecule has 9 heavy (non-hydrogen) atoms. The highest BCUT2D eigenvalue weighted by Crippen LogP contribution is 2.47. The molecule has 0 aromatic heterocycles. The molecule has 0 aromatic carbocycles. The topological polar surface area (TPSA) is 3.24 Å². The first-order valence-corrected chi connectivity index (χ1v) is 4.51. The zero-order valence-corrected chi connectivity index (χ0v) is 7.74. The molecule has 1 rings (SSSR count). The van der Waals surface area contributed by atoms with Crippen molar-refractivity contribution in [2.75, 3.05) is 26.0 Å². The summed E-state index contributed by atoms with van der Waals surface area (Å²) in [5, 5.41) is 1.18. The third-order valence-corrected chi connectivity index (χ3v) is 3.08. The van der Waals surface area contributed by atoms with Gasteiger partial charge in [0.2, 0.25) is 0 Å². The van der Waals surface area contributed by atoms with Crippen molar-refractivity contribution in [1.82, 2.24) is 4.90 Å². The molecule has 0 radical (unpaired) electrons. The first-order chi connectivity index (χ1) is 4.18. The van der Waals surface area contributed by atoms with Gasteiger partial charge in [-0.3, -0.25) is 0 Å². The maximum absolute atomic E-state index is 3.54. The molecule has 0 aliphatic heterocycles. The van der Waals surface area contributed by atoms with Crippen LogP contribution in [0.25, 0.3) is 0 Å². The van der Waals surface area contributed by atoms with Crippen LogP contribution in [0.15, 0.2) is 0 Å². The Balaban J connectivity index is 2.25. The third-order valence-electron chi connectivity index (χ3n) is 1.89. The second-order valence-corrected chi connectivity index (χ2v) is 3.93. The van der Waals surface area contributed by atoms with Crippen LogP contribution in [0.3, 0.4) is 0 Å². The Morgan fingerprint density at radius 3 is 2.11 bits per heavy atom. The fourth-order valence-corrected chi connectivity index (χ4v) is 1.92. The summed E-state index contributed by atoms with van der Waals surface area (Å²) in [4.78, 5) is 2.27. The van der Waals surface area contributed by atoms with Crippen LogP contribution < -0.4 is 0 Å². The van der Waals surface area contributed by atoms with Crippen molar-refractivity contribution in [1.29, 1.82) is 0 Å². The Morgan fingerprint density at radius 1 is 1.44 bits per heavy atom. The highest BCUT2D eigenvalue weighted by Gasteiger charge is 2.41. The van der Waals surface area contributed by atoms with Gasteiger partial charge in [-0.25, -0.2) is 0 Å². The third kappa shape index (κ3) is 1.94. The van der Waals surface area contributed by atoms with E-state index in [1.54, 1.807) is 0 Å². The molecule has 1 saturated carbocycles. The van der Waals surface area contributed by atoms with E-state index in [1.165, 1.54) is 24.7 Å². The Hall–Kier alpha value is 0.440. The maximum Gasteiger partial charge on any atom is 0.0100 e. The largest absolute Gasteiger partial charge is 0.309 e. The van der Waals surface area contributed by atoms with Gasteiger partial charge in [0.05, 0.1) is 0 Å². The minimum Gasteiger partial charge on any atom is -0.309 e. The van der Waals surface area contributed by atoms with Gasteiger partial charge in [-0.15, -0.1) is 0 Å². The minimum absolute atomic E-state index is 0.656. The molecule has 0 amide bonds. The minimum atomic E-state index is 0.656. The van der Waals surface area contributed by atoms with Crippen LogP contribution in [0.2, 0.25) is 0 Å². The van der Waals surface area contributed by atoms with Gasteiger partial charge in [-0.1, -0.05) is 15.9 Å². The molecule has 1 nitrogen and oxygen atoms in total. The van der Waals surface area contributed by atoms with Crippen molar-refractivity contribution in [3.05, 3.63) is 0 Å². The molecule has 0 N–H and O–H groups in total. The standard InChI is InChI=1S/C7H14BrN/c1-9(2)6-7(5-8)3-4-7/h3-6H2,1-2H3. The molecule has 1 fully saturated rings. The Bertz CT molecular complexity index is 97.1. The van der Waals surface area contributed by atoms with Crippen LogP contribution in [0.4, 0.5) is 0 Å². The van der Waals surface area contributed by atoms with Gasteiger partial charge >= 0.3 is 0 Å². The molecular formula is C7H14BrN. The highest BCUT2D eigenvalue weighted by atomic mass is 79.9. The fourth-order valence-electron chi connectivity index (χ4n) is 1.18. The van der Waals surface area contributed by atoms with E-state index < -0.39 is 0 Å². The molecule has 54 valence electrons. The molecule has 0 unspecified atom stereocenters. The zero-order chi connectivity index (χ0) is 6.91. The molecule has 0 saturated heterocycles. The average molecular weight is 192 g/mol. The number of hydrogen-bond donors (Lipinski definition) is 0. The van der Waals surface area contributed by atoms with Crippen LogP contribution in [-0.2, 0) is 0 Å². The summed E-state index contributed by atoms with van der Waals surface area (Å²) in [5.74, 6) is 0. The van der Waals surface area contributed by atoms with Crippen LogP contribution >= 0.6 is 15.9 Å². The molecule has 0 heterocycles. The van der Waals surface area contributed by atoms with E-state index in [1.807, 2.05) is 0 Å². The highest BCUT2D eigenvalue weighted by molar-refractivity contribution is 9.09. The molecule has 2 heteroatoms. The predicted molar refractivity (Wildman–Crippen MR) is 44.0 cm³/mol. The Morgan fingerprint density at radius 2 is 2.00 bits per heavy atom. The number of nitrogens with zero attached hydrogens (tertiary/aromatic N) is 1. The smallest absolute Gasteiger partial charge is 0.0100 e. The van der Waals surface area contributed by atoms with Gasteiger partial charge in [0.25, 0.3) is 0 Å². The van der Waals surface area contributed by atoms with Crippen LogP contribution in [0.5, 0.6) is 0 Å². The van der Waals surface area contributed by atoms with Gasteiger partial charge in [-0.05, 0) is 32.4 Å². The van der Waals surface area contributed by atoms with Crippen LogP contribution in [0, 0.1) is 5.41 Å². The maximum atomic E-state index is 3.54. The average Bonchev–Trinajstić information content (AvgIpc) is 2.48. The normalized spacial score (nSPS) is 22.7. The van der Waals surface area contributed by atoms with Gasteiger partial charge in [0.1, 0.15) is 0 Å². The summed E-state index contributed by atoms with van der Waals surface area (Å²) >= 11 is 3.54.